The zero-order valence-electron chi connectivity index (χ0n) is 13.7. The number of amides is 1. The molecule has 1 saturated heterocycles. The number of halogens is 4. The fraction of sp³-hybridized carbons (Fsp3) is 0.533. The SMILES string of the molecule is CC(C)(C)OC(=O)N1CC(S(=O)(=O)c2ccc(C(F)(F)F)cc2Cl)C1. The lowest BCUT2D eigenvalue weighted by molar-refractivity contribution is -0.137. The minimum atomic E-state index is -4.62. The molecule has 0 saturated carbocycles. The molecule has 1 aromatic carbocycles. The Hall–Kier alpha value is -1.48. The Bertz CT molecular complexity index is 781. The number of ether oxygens (including phenoxy) is 1. The molecule has 0 atom stereocenters. The first-order chi connectivity index (χ1) is 11.2. The van der Waals surface area contributed by atoms with Crippen LogP contribution in [0.2, 0.25) is 5.02 Å². The van der Waals surface area contributed by atoms with E-state index in [4.69, 9.17) is 16.3 Å². The van der Waals surface area contributed by atoms with E-state index >= 15 is 0 Å². The number of carbonyl (C=O) groups excluding carboxylic acids is 1. The highest BCUT2D eigenvalue weighted by molar-refractivity contribution is 7.92. The summed E-state index contributed by atoms with van der Waals surface area (Å²) in [5, 5.41) is -1.43. The average molecular weight is 400 g/mol. The number of likely N-dealkylation sites (tertiary alicyclic amines) is 1. The summed E-state index contributed by atoms with van der Waals surface area (Å²) in [5.74, 6) is 0. The van der Waals surface area contributed by atoms with Crippen molar-refractivity contribution in [2.75, 3.05) is 13.1 Å². The quantitative estimate of drug-likeness (QED) is 0.759. The molecule has 10 heteroatoms. The van der Waals surface area contributed by atoms with Crippen molar-refractivity contribution >= 4 is 27.5 Å². The van der Waals surface area contributed by atoms with Crippen molar-refractivity contribution in [1.29, 1.82) is 0 Å². The van der Waals surface area contributed by atoms with Crippen LogP contribution in [-0.2, 0) is 20.8 Å². The van der Waals surface area contributed by atoms with E-state index in [2.05, 4.69) is 0 Å². The van der Waals surface area contributed by atoms with Crippen LogP contribution in [0.1, 0.15) is 26.3 Å². The van der Waals surface area contributed by atoms with E-state index in [1.54, 1.807) is 20.8 Å². The molecule has 1 aliphatic rings. The van der Waals surface area contributed by atoms with Gasteiger partial charge in [-0.05, 0) is 39.0 Å². The second kappa shape index (κ2) is 6.35. The van der Waals surface area contributed by atoms with Crippen molar-refractivity contribution in [3.63, 3.8) is 0 Å². The lowest BCUT2D eigenvalue weighted by Crippen LogP contribution is -2.57. The van der Waals surface area contributed by atoms with Gasteiger partial charge in [-0.1, -0.05) is 11.6 Å². The Balaban J connectivity index is 2.13. The van der Waals surface area contributed by atoms with Gasteiger partial charge in [0.25, 0.3) is 0 Å². The average Bonchev–Trinajstić information content (AvgIpc) is 2.32. The molecule has 0 aromatic heterocycles. The molecule has 1 amide bonds. The number of benzene rings is 1. The van der Waals surface area contributed by atoms with Crippen molar-refractivity contribution in [1.82, 2.24) is 4.90 Å². The minimum Gasteiger partial charge on any atom is -0.444 e. The van der Waals surface area contributed by atoms with E-state index in [1.807, 2.05) is 0 Å². The highest BCUT2D eigenvalue weighted by Gasteiger charge is 2.43. The van der Waals surface area contributed by atoms with Crippen LogP contribution in [-0.4, -0.2) is 43.4 Å². The summed E-state index contributed by atoms with van der Waals surface area (Å²) in [6.45, 7) is 4.84. The van der Waals surface area contributed by atoms with Gasteiger partial charge in [-0.15, -0.1) is 0 Å². The van der Waals surface area contributed by atoms with Gasteiger partial charge in [0, 0.05) is 13.1 Å². The maximum absolute atomic E-state index is 12.6. The van der Waals surface area contributed by atoms with E-state index in [9.17, 15) is 26.4 Å². The monoisotopic (exact) mass is 399 g/mol. The molecule has 1 fully saturated rings. The van der Waals surface area contributed by atoms with Gasteiger partial charge in [0.1, 0.15) is 10.9 Å². The topological polar surface area (TPSA) is 63.7 Å². The fourth-order valence-electron chi connectivity index (χ4n) is 2.20. The Kier molecular flexibility index (Phi) is 5.04. The lowest BCUT2D eigenvalue weighted by Gasteiger charge is -2.39. The Morgan fingerprint density at radius 3 is 2.24 bits per heavy atom. The van der Waals surface area contributed by atoms with Crippen molar-refractivity contribution in [2.45, 2.75) is 42.7 Å². The number of hydrogen-bond acceptors (Lipinski definition) is 4. The third-order valence-electron chi connectivity index (χ3n) is 3.50. The zero-order chi connectivity index (χ0) is 19.2. The molecule has 0 aliphatic carbocycles. The molecule has 1 aromatic rings. The molecule has 25 heavy (non-hydrogen) atoms. The maximum Gasteiger partial charge on any atom is 0.416 e. The number of alkyl halides is 3. The smallest absolute Gasteiger partial charge is 0.416 e. The predicted octanol–water partition coefficient (Wildman–Crippen LogP) is 3.75. The van der Waals surface area contributed by atoms with Crippen LogP contribution in [0.5, 0.6) is 0 Å². The fourth-order valence-corrected chi connectivity index (χ4v) is 4.40. The third-order valence-corrected chi connectivity index (χ3v) is 6.07. The van der Waals surface area contributed by atoms with Crippen LogP contribution >= 0.6 is 11.6 Å². The number of sulfone groups is 1. The van der Waals surface area contributed by atoms with Gasteiger partial charge < -0.3 is 9.64 Å². The first-order valence-corrected chi connectivity index (χ1v) is 9.23. The molecule has 0 unspecified atom stereocenters. The first-order valence-electron chi connectivity index (χ1n) is 7.30. The van der Waals surface area contributed by atoms with Gasteiger partial charge in [0.05, 0.1) is 15.5 Å². The number of hydrogen-bond donors (Lipinski definition) is 0. The Labute approximate surface area is 148 Å². The molecule has 140 valence electrons. The molecule has 0 spiro atoms. The van der Waals surface area contributed by atoms with Crippen molar-refractivity contribution in [3.05, 3.63) is 28.8 Å². The van der Waals surface area contributed by atoms with E-state index in [0.717, 1.165) is 6.07 Å². The molecule has 5 nitrogen and oxygen atoms in total. The highest BCUT2D eigenvalue weighted by atomic mass is 35.5. The number of rotatable bonds is 2. The van der Waals surface area contributed by atoms with E-state index in [1.165, 1.54) is 4.90 Å². The largest absolute Gasteiger partial charge is 0.444 e. The summed E-state index contributed by atoms with van der Waals surface area (Å²) in [5.41, 5.74) is -1.74. The second-order valence-corrected chi connectivity index (χ2v) is 9.30. The van der Waals surface area contributed by atoms with Crippen molar-refractivity contribution < 1.29 is 31.1 Å². The van der Waals surface area contributed by atoms with Gasteiger partial charge in [-0.25, -0.2) is 13.2 Å². The number of carbonyl (C=O) groups is 1. The molecule has 0 N–H and O–H groups in total. The van der Waals surface area contributed by atoms with Crippen LogP contribution in [0.25, 0.3) is 0 Å². The van der Waals surface area contributed by atoms with E-state index < -0.39 is 43.5 Å². The molecule has 2 rings (SSSR count). The molecular weight excluding hydrogens is 383 g/mol. The standard InChI is InChI=1S/C15H17ClF3NO4S/c1-14(2,3)24-13(21)20-7-10(8-20)25(22,23)12-5-4-9(6-11(12)16)15(17,18)19/h4-6,10H,7-8H2,1-3H3. The normalized spacial score (nSPS) is 16.5. The molecule has 0 radical (unpaired) electrons. The van der Waals surface area contributed by atoms with E-state index in [-0.39, 0.29) is 18.0 Å². The lowest BCUT2D eigenvalue weighted by atomic mass is 10.2. The summed E-state index contributed by atoms with van der Waals surface area (Å²) >= 11 is 5.75. The second-order valence-electron chi connectivity index (χ2n) is 6.70. The Morgan fingerprint density at radius 1 is 1.24 bits per heavy atom. The van der Waals surface area contributed by atoms with Gasteiger partial charge in [0.15, 0.2) is 9.84 Å². The predicted molar refractivity (Wildman–Crippen MR) is 85.2 cm³/mol. The van der Waals surface area contributed by atoms with Crippen LogP contribution < -0.4 is 0 Å². The van der Waals surface area contributed by atoms with Gasteiger partial charge in [-0.3, -0.25) is 0 Å². The van der Waals surface area contributed by atoms with Crippen LogP contribution in [0.3, 0.4) is 0 Å². The van der Waals surface area contributed by atoms with Crippen LogP contribution in [0, 0.1) is 0 Å². The highest BCUT2D eigenvalue weighted by Crippen LogP contribution is 2.35. The van der Waals surface area contributed by atoms with E-state index in [0.29, 0.717) is 12.1 Å². The van der Waals surface area contributed by atoms with Gasteiger partial charge >= 0.3 is 12.3 Å². The zero-order valence-corrected chi connectivity index (χ0v) is 15.3. The summed E-state index contributed by atoms with van der Waals surface area (Å²) in [7, 11) is -3.95. The van der Waals surface area contributed by atoms with Crippen molar-refractivity contribution in [2.24, 2.45) is 0 Å². The Morgan fingerprint density at radius 2 is 1.80 bits per heavy atom. The number of nitrogens with zero attached hydrogens (tertiary/aromatic N) is 1. The summed E-state index contributed by atoms with van der Waals surface area (Å²) in [6, 6.07) is 2.10. The molecular formula is C15H17ClF3NO4S. The molecule has 1 heterocycles. The van der Waals surface area contributed by atoms with Crippen LogP contribution in [0.4, 0.5) is 18.0 Å². The van der Waals surface area contributed by atoms with Gasteiger partial charge in [-0.2, -0.15) is 13.2 Å². The van der Waals surface area contributed by atoms with Gasteiger partial charge in [0.2, 0.25) is 0 Å². The molecule has 0 bridgehead atoms. The first kappa shape index (κ1) is 19.8. The summed E-state index contributed by atoms with van der Waals surface area (Å²) in [6.07, 6.45) is -5.26. The maximum atomic E-state index is 12.6. The van der Waals surface area contributed by atoms with Crippen LogP contribution in [0.15, 0.2) is 23.1 Å². The third kappa shape index (κ3) is 4.38. The summed E-state index contributed by atoms with van der Waals surface area (Å²) < 4.78 is 68.1. The molecule has 1 aliphatic heterocycles. The minimum absolute atomic E-state index is 0.103. The summed E-state index contributed by atoms with van der Waals surface area (Å²) in [4.78, 5) is 12.7. The van der Waals surface area contributed by atoms with Crippen molar-refractivity contribution in [3.8, 4) is 0 Å².